The number of hydrogen-bond donors (Lipinski definition) is 1. The number of hydrogen-bond acceptors (Lipinski definition) is 4. The van der Waals surface area contributed by atoms with Crippen LogP contribution in [0.3, 0.4) is 0 Å². The summed E-state index contributed by atoms with van der Waals surface area (Å²) in [5, 5.41) is 12.1. The fourth-order valence-electron chi connectivity index (χ4n) is 4.84. The van der Waals surface area contributed by atoms with Crippen LogP contribution in [0.4, 0.5) is 0 Å². The molecule has 2 heterocycles. The number of aryl methyl sites for hydroxylation is 2. The Balaban J connectivity index is 1.71. The number of aromatic hydroxyl groups is 1. The maximum atomic E-state index is 10.8. The largest absolute Gasteiger partial charge is 0.507 e. The van der Waals surface area contributed by atoms with Crippen LogP contribution in [0, 0.1) is 13.8 Å². The first kappa shape index (κ1) is 25.9. The first-order valence-corrected chi connectivity index (χ1v) is 16.6. The van der Waals surface area contributed by atoms with Gasteiger partial charge >= 0.3 is 0 Å². The summed E-state index contributed by atoms with van der Waals surface area (Å²) in [4.78, 5) is 9.68. The van der Waals surface area contributed by atoms with Crippen LogP contribution >= 0.6 is 0 Å². The molecule has 0 unspecified atom stereocenters. The van der Waals surface area contributed by atoms with Gasteiger partial charge in [-0.25, -0.2) is 4.98 Å². The quantitative estimate of drug-likeness (QED) is 0.242. The SMILES string of the molecule is Cc1cc(C)c(O)c(-c2nc3c(-c4cc(-c5cc([Si](C)(C)C)ccn5)cc(C(C)(C)C)c4)cccc3o2)c1. The third-order valence-corrected chi connectivity index (χ3v) is 9.17. The van der Waals surface area contributed by atoms with Gasteiger partial charge in [0.2, 0.25) is 5.89 Å². The normalized spacial score (nSPS) is 12.3. The lowest BCUT2D eigenvalue weighted by Crippen LogP contribution is -2.37. The smallest absolute Gasteiger partial charge is 0.231 e. The van der Waals surface area contributed by atoms with Gasteiger partial charge in [-0.3, -0.25) is 4.98 Å². The maximum Gasteiger partial charge on any atom is 0.231 e. The Morgan fingerprint density at radius 1 is 0.842 bits per heavy atom. The van der Waals surface area contributed by atoms with Crippen molar-refractivity contribution in [1.29, 1.82) is 0 Å². The Kier molecular flexibility index (Phi) is 6.31. The van der Waals surface area contributed by atoms with E-state index in [9.17, 15) is 5.11 Å². The molecule has 38 heavy (non-hydrogen) atoms. The Morgan fingerprint density at radius 3 is 2.29 bits per heavy atom. The number of rotatable bonds is 4. The Bertz CT molecular complexity index is 1670. The van der Waals surface area contributed by atoms with Gasteiger partial charge in [0.05, 0.1) is 19.3 Å². The standard InChI is InChI=1S/C33H36N2O2Si/c1-20-14-21(2)31(36)27(15-20)32-35-30-26(10-9-11-29(30)37-32)22-16-23(18-24(17-22)33(3,4)5)28-19-25(12-13-34-28)38(6,7)8/h9-19,36H,1-8H3. The molecule has 0 fully saturated rings. The molecule has 0 aliphatic rings. The Morgan fingerprint density at radius 2 is 1.58 bits per heavy atom. The molecule has 0 aliphatic heterocycles. The van der Waals surface area contributed by atoms with Gasteiger partial charge in [0, 0.05) is 17.3 Å². The van der Waals surface area contributed by atoms with E-state index in [1.807, 2.05) is 44.3 Å². The number of pyridine rings is 1. The van der Waals surface area contributed by atoms with E-state index in [4.69, 9.17) is 14.4 Å². The predicted molar refractivity (Wildman–Crippen MR) is 161 cm³/mol. The third-order valence-electron chi connectivity index (χ3n) is 7.13. The molecule has 3 aromatic carbocycles. The lowest BCUT2D eigenvalue weighted by Gasteiger charge is -2.22. The zero-order valence-corrected chi connectivity index (χ0v) is 24.6. The number of benzene rings is 3. The first-order valence-electron chi connectivity index (χ1n) is 13.1. The van der Waals surface area contributed by atoms with Crippen LogP contribution in [0.2, 0.25) is 19.6 Å². The van der Waals surface area contributed by atoms with Crippen molar-refractivity contribution in [2.75, 3.05) is 0 Å². The summed E-state index contributed by atoms with van der Waals surface area (Å²) in [7, 11) is -1.49. The highest BCUT2D eigenvalue weighted by molar-refractivity contribution is 6.88. The number of phenols is 1. The zero-order chi connectivity index (χ0) is 27.4. The van der Waals surface area contributed by atoms with Gasteiger partial charge in [-0.15, -0.1) is 0 Å². The van der Waals surface area contributed by atoms with Crippen molar-refractivity contribution in [3.05, 3.63) is 83.6 Å². The summed E-state index contributed by atoms with van der Waals surface area (Å²) in [6.45, 7) is 17.7. The molecule has 0 bridgehead atoms. The monoisotopic (exact) mass is 520 g/mol. The molecule has 0 amide bonds. The number of phenolic OH excluding ortho intramolecular Hbond substituents is 1. The minimum absolute atomic E-state index is 0.0467. The van der Waals surface area contributed by atoms with Crippen LogP contribution in [0.15, 0.2) is 71.3 Å². The van der Waals surface area contributed by atoms with E-state index in [1.165, 1.54) is 10.8 Å². The van der Waals surface area contributed by atoms with Crippen molar-refractivity contribution < 1.29 is 9.52 Å². The molecule has 0 radical (unpaired) electrons. The highest BCUT2D eigenvalue weighted by atomic mass is 28.3. The molecule has 194 valence electrons. The molecule has 2 aromatic heterocycles. The molecule has 1 N–H and O–H groups in total. The molecule has 0 aliphatic carbocycles. The second-order valence-corrected chi connectivity index (χ2v) is 17.5. The molecule has 5 rings (SSSR count). The van der Waals surface area contributed by atoms with Crippen molar-refractivity contribution in [1.82, 2.24) is 9.97 Å². The summed E-state index contributed by atoms with van der Waals surface area (Å²) in [5.74, 6) is 0.627. The van der Waals surface area contributed by atoms with Crippen LogP contribution in [-0.2, 0) is 5.41 Å². The molecule has 0 atom stereocenters. The molecule has 0 saturated carbocycles. The lowest BCUT2D eigenvalue weighted by atomic mass is 9.83. The van der Waals surface area contributed by atoms with Crippen LogP contribution in [0.25, 0.3) is 44.9 Å². The third kappa shape index (κ3) is 4.91. The van der Waals surface area contributed by atoms with Crippen molar-refractivity contribution in [3.8, 4) is 39.6 Å². The van der Waals surface area contributed by atoms with Gasteiger partial charge < -0.3 is 9.52 Å². The van der Waals surface area contributed by atoms with Crippen molar-refractivity contribution >= 4 is 24.4 Å². The summed E-state index contributed by atoms with van der Waals surface area (Å²) in [5.41, 5.74) is 9.28. The first-order chi connectivity index (χ1) is 17.8. The van der Waals surface area contributed by atoms with Crippen molar-refractivity contribution in [2.45, 2.75) is 59.7 Å². The lowest BCUT2D eigenvalue weighted by molar-refractivity contribution is 0.470. The van der Waals surface area contributed by atoms with Gasteiger partial charge in [-0.1, -0.05) is 69.9 Å². The zero-order valence-electron chi connectivity index (χ0n) is 23.6. The van der Waals surface area contributed by atoms with Crippen LogP contribution in [-0.4, -0.2) is 23.1 Å². The number of fused-ring (bicyclic) bond motifs is 1. The highest BCUT2D eigenvalue weighted by Gasteiger charge is 2.22. The van der Waals surface area contributed by atoms with E-state index in [2.05, 4.69) is 76.8 Å². The molecule has 5 aromatic rings. The van der Waals surface area contributed by atoms with E-state index in [1.54, 1.807) is 0 Å². The van der Waals surface area contributed by atoms with E-state index >= 15 is 0 Å². The maximum absolute atomic E-state index is 10.8. The van der Waals surface area contributed by atoms with Gasteiger partial charge in [-0.05, 0) is 77.9 Å². The molecule has 4 nitrogen and oxygen atoms in total. The van der Waals surface area contributed by atoms with Crippen LogP contribution < -0.4 is 5.19 Å². The van der Waals surface area contributed by atoms with E-state index in [-0.39, 0.29) is 11.2 Å². The van der Waals surface area contributed by atoms with Gasteiger partial charge in [0.25, 0.3) is 0 Å². The summed E-state index contributed by atoms with van der Waals surface area (Å²) >= 11 is 0. The number of nitrogens with zero attached hydrogens (tertiary/aromatic N) is 2. The highest BCUT2D eigenvalue weighted by Crippen LogP contribution is 2.39. The van der Waals surface area contributed by atoms with Gasteiger partial charge in [-0.2, -0.15) is 0 Å². The number of aromatic nitrogens is 2. The fourth-order valence-corrected chi connectivity index (χ4v) is 5.98. The molecular weight excluding hydrogens is 484 g/mol. The molecule has 0 spiro atoms. The summed E-state index contributed by atoms with van der Waals surface area (Å²) in [6, 6.07) is 21.0. The summed E-state index contributed by atoms with van der Waals surface area (Å²) < 4.78 is 6.19. The van der Waals surface area contributed by atoms with Gasteiger partial charge in [0.15, 0.2) is 5.58 Å². The van der Waals surface area contributed by atoms with Gasteiger partial charge in [0.1, 0.15) is 11.3 Å². The minimum atomic E-state index is -1.49. The Labute approximate surface area is 226 Å². The number of oxazole rings is 1. The summed E-state index contributed by atoms with van der Waals surface area (Å²) in [6.07, 6.45) is 1.94. The molecule has 5 heteroatoms. The van der Waals surface area contributed by atoms with Crippen LogP contribution in [0.1, 0.15) is 37.5 Å². The number of para-hydroxylation sites is 1. The predicted octanol–water partition coefficient (Wildman–Crippen LogP) is 8.39. The average molecular weight is 521 g/mol. The topological polar surface area (TPSA) is 59.2 Å². The molecule has 0 saturated heterocycles. The van der Waals surface area contributed by atoms with E-state index < -0.39 is 8.07 Å². The van der Waals surface area contributed by atoms with Crippen molar-refractivity contribution in [3.63, 3.8) is 0 Å². The van der Waals surface area contributed by atoms with Crippen molar-refractivity contribution in [2.24, 2.45) is 0 Å². The second-order valence-electron chi connectivity index (χ2n) is 12.4. The minimum Gasteiger partial charge on any atom is -0.507 e. The second kappa shape index (κ2) is 9.24. The fraction of sp³-hybridized carbons (Fsp3) is 0.273. The molecular formula is C33H36N2O2Si. The average Bonchev–Trinajstić information content (AvgIpc) is 3.29. The van der Waals surface area contributed by atoms with Crippen LogP contribution in [0.5, 0.6) is 5.75 Å². The Hall–Kier alpha value is -3.70. The van der Waals surface area contributed by atoms with E-state index in [0.717, 1.165) is 39.0 Å². The van der Waals surface area contributed by atoms with E-state index in [0.29, 0.717) is 17.0 Å².